The average molecular weight is 407 g/mol. The van der Waals surface area contributed by atoms with Crippen LogP contribution in [0.15, 0.2) is 70.4 Å². The zero-order valence-corrected chi connectivity index (χ0v) is 17.1. The predicted octanol–water partition coefficient (Wildman–Crippen LogP) is 4.75. The number of thioether (sulfide) groups is 1. The number of carbonyl (C=O) groups excluding carboxylic acids is 1. The molecule has 0 saturated carbocycles. The van der Waals surface area contributed by atoms with Crippen LogP contribution in [0.4, 0.5) is 0 Å². The molecule has 0 spiro atoms. The molecule has 7 heteroatoms. The standard InChI is InChI=1S/C22H22N4O2S/c1-3-26(14-16-9-5-4-6-10-16)21(27)15(2)29-22-25-24-20(28-22)18-13-23-19-12-8-7-11-17(18)19/h4-13,15,23H,3,14H2,1-2H3. The highest BCUT2D eigenvalue weighted by Gasteiger charge is 2.23. The number of amides is 1. The maximum Gasteiger partial charge on any atom is 0.277 e. The molecule has 1 amide bonds. The van der Waals surface area contributed by atoms with E-state index in [4.69, 9.17) is 4.42 Å². The van der Waals surface area contributed by atoms with Crippen LogP contribution in [0.3, 0.4) is 0 Å². The van der Waals surface area contributed by atoms with Crippen molar-refractivity contribution < 1.29 is 9.21 Å². The van der Waals surface area contributed by atoms with E-state index in [0.717, 1.165) is 22.0 Å². The molecule has 1 atom stereocenters. The van der Waals surface area contributed by atoms with Gasteiger partial charge < -0.3 is 14.3 Å². The van der Waals surface area contributed by atoms with Crippen molar-refractivity contribution in [1.29, 1.82) is 0 Å². The van der Waals surface area contributed by atoms with Gasteiger partial charge in [-0.2, -0.15) is 0 Å². The van der Waals surface area contributed by atoms with E-state index in [1.165, 1.54) is 11.8 Å². The van der Waals surface area contributed by atoms with Crippen molar-refractivity contribution in [3.63, 3.8) is 0 Å². The molecule has 2 aromatic heterocycles. The Bertz CT molecular complexity index is 1110. The molecule has 148 valence electrons. The highest BCUT2D eigenvalue weighted by Crippen LogP contribution is 2.31. The van der Waals surface area contributed by atoms with E-state index in [9.17, 15) is 4.79 Å². The molecule has 4 aromatic rings. The normalized spacial score (nSPS) is 12.2. The summed E-state index contributed by atoms with van der Waals surface area (Å²) in [5, 5.41) is 9.40. The fourth-order valence-corrected chi connectivity index (χ4v) is 3.99. The van der Waals surface area contributed by atoms with Gasteiger partial charge in [-0.05, 0) is 25.5 Å². The Balaban J connectivity index is 1.45. The minimum Gasteiger partial charge on any atom is -0.411 e. The van der Waals surface area contributed by atoms with Crippen LogP contribution in [0.1, 0.15) is 19.4 Å². The van der Waals surface area contributed by atoms with Crippen molar-refractivity contribution in [2.75, 3.05) is 6.54 Å². The van der Waals surface area contributed by atoms with E-state index in [1.807, 2.05) is 79.5 Å². The third-order valence-corrected chi connectivity index (χ3v) is 5.68. The van der Waals surface area contributed by atoms with Crippen LogP contribution in [-0.2, 0) is 11.3 Å². The van der Waals surface area contributed by atoms with Crippen molar-refractivity contribution in [3.8, 4) is 11.5 Å². The topological polar surface area (TPSA) is 75.0 Å². The minimum absolute atomic E-state index is 0.0493. The summed E-state index contributed by atoms with van der Waals surface area (Å²) in [6, 6.07) is 17.9. The number of H-pyrrole nitrogens is 1. The van der Waals surface area contributed by atoms with Crippen molar-refractivity contribution in [1.82, 2.24) is 20.1 Å². The SMILES string of the molecule is CCN(Cc1ccccc1)C(=O)C(C)Sc1nnc(-c2c[nH]c3ccccc23)o1. The van der Waals surface area contributed by atoms with Gasteiger partial charge in [0.15, 0.2) is 0 Å². The molecule has 0 saturated heterocycles. The zero-order valence-electron chi connectivity index (χ0n) is 16.3. The molecule has 2 heterocycles. The van der Waals surface area contributed by atoms with Crippen LogP contribution in [0.2, 0.25) is 0 Å². The fourth-order valence-electron chi connectivity index (χ4n) is 3.22. The maximum absolute atomic E-state index is 12.9. The van der Waals surface area contributed by atoms with E-state index in [2.05, 4.69) is 15.2 Å². The Morgan fingerprint density at radius 2 is 1.90 bits per heavy atom. The van der Waals surface area contributed by atoms with Crippen LogP contribution in [-0.4, -0.2) is 37.8 Å². The summed E-state index contributed by atoms with van der Waals surface area (Å²) in [6.07, 6.45) is 1.86. The second-order valence-electron chi connectivity index (χ2n) is 6.72. The van der Waals surface area contributed by atoms with Gasteiger partial charge in [-0.25, -0.2) is 0 Å². The number of hydrogen-bond acceptors (Lipinski definition) is 5. The van der Waals surface area contributed by atoms with E-state index in [-0.39, 0.29) is 11.2 Å². The van der Waals surface area contributed by atoms with E-state index in [0.29, 0.717) is 24.2 Å². The molecule has 29 heavy (non-hydrogen) atoms. The fraction of sp³-hybridized carbons (Fsp3) is 0.227. The van der Waals surface area contributed by atoms with Gasteiger partial charge in [0.25, 0.3) is 11.1 Å². The number of nitrogens with one attached hydrogen (secondary N) is 1. The lowest BCUT2D eigenvalue weighted by Gasteiger charge is -2.23. The number of rotatable bonds is 7. The summed E-state index contributed by atoms with van der Waals surface area (Å²) in [7, 11) is 0. The quantitative estimate of drug-likeness (QED) is 0.448. The first kappa shape index (κ1) is 19.3. The molecule has 4 rings (SSSR count). The van der Waals surface area contributed by atoms with Crippen molar-refractivity contribution >= 4 is 28.6 Å². The van der Waals surface area contributed by atoms with E-state index in [1.54, 1.807) is 0 Å². The molecule has 0 aliphatic rings. The average Bonchev–Trinajstić information content (AvgIpc) is 3.39. The van der Waals surface area contributed by atoms with Crippen LogP contribution in [0, 0.1) is 0 Å². The third-order valence-electron chi connectivity index (χ3n) is 4.76. The highest BCUT2D eigenvalue weighted by atomic mass is 32.2. The number of para-hydroxylation sites is 1. The Hall–Kier alpha value is -3.06. The maximum atomic E-state index is 12.9. The lowest BCUT2D eigenvalue weighted by molar-refractivity contribution is -0.130. The first-order chi connectivity index (χ1) is 14.2. The minimum atomic E-state index is -0.324. The molecule has 6 nitrogen and oxygen atoms in total. The lowest BCUT2D eigenvalue weighted by atomic mass is 10.2. The smallest absolute Gasteiger partial charge is 0.277 e. The van der Waals surface area contributed by atoms with Crippen LogP contribution in [0.25, 0.3) is 22.4 Å². The lowest BCUT2D eigenvalue weighted by Crippen LogP contribution is -2.35. The Labute approximate surface area is 173 Å². The number of aromatic nitrogens is 3. The predicted molar refractivity (Wildman–Crippen MR) is 114 cm³/mol. The molecular formula is C22H22N4O2S. The summed E-state index contributed by atoms with van der Waals surface area (Å²) in [5.74, 6) is 0.495. The van der Waals surface area contributed by atoms with Gasteiger partial charge in [0.2, 0.25) is 5.91 Å². The number of nitrogens with zero attached hydrogens (tertiary/aromatic N) is 3. The van der Waals surface area contributed by atoms with Gasteiger partial charge in [-0.1, -0.05) is 60.3 Å². The third kappa shape index (κ3) is 4.19. The molecule has 1 unspecified atom stereocenters. The molecule has 0 radical (unpaired) electrons. The number of fused-ring (bicyclic) bond motifs is 1. The van der Waals surface area contributed by atoms with Crippen molar-refractivity contribution in [2.24, 2.45) is 0 Å². The largest absolute Gasteiger partial charge is 0.411 e. The molecular weight excluding hydrogens is 384 g/mol. The van der Waals surface area contributed by atoms with Crippen LogP contribution >= 0.6 is 11.8 Å². The van der Waals surface area contributed by atoms with Crippen molar-refractivity contribution in [3.05, 3.63) is 66.4 Å². The number of benzene rings is 2. The molecule has 0 aliphatic heterocycles. The summed E-state index contributed by atoms with van der Waals surface area (Å²) in [6.45, 7) is 5.09. The summed E-state index contributed by atoms with van der Waals surface area (Å²) in [4.78, 5) is 17.9. The van der Waals surface area contributed by atoms with Gasteiger partial charge in [0.1, 0.15) is 0 Å². The molecule has 0 aliphatic carbocycles. The Morgan fingerprint density at radius 1 is 1.14 bits per heavy atom. The van der Waals surface area contributed by atoms with Gasteiger partial charge >= 0.3 is 0 Å². The van der Waals surface area contributed by atoms with Gasteiger partial charge in [-0.3, -0.25) is 4.79 Å². The molecule has 0 bridgehead atoms. The van der Waals surface area contributed by atoms with Gasteiger partial charge in [0, 0.05) is 30.2 Å². The van der Waals surface area contributed by atoms with Gasteiger partial charge in [0.05, 0.1) is 10.8 Å². The monoisotopic (exact) mass is 406 g/mol. The first-order valence-corrected chi connectivity index (χ1v) is 10.4. The summed E-state index contributed by atoms with van der Waals surface area (Å²) < 4.78 is 5.84. The van der Waals surface area contributed by atoms with Crippen LogP contribution < -0.4 is 0 Å². The summed E-state index contributed by atoms with van der Waals surface area (Å²) in [5.41, 5.74) is 2.98. The van der Waals surface area contributed by atoms with E-state index < -0.39 is 0 Å². The molecule has 2 aromatic carbocycles. The zero-order chi connectivity index (χ0) is 20.2. The number of aromatic amines is 1. The molecule has 0 fully saturated rings. The number of carbonyl (C=O) groups is 1. The second kappa shape index (κ2) is 8.53. The van der Waals surface area contributed by atoms with Crippen LogP contribution in [0.5, 0.6) is 0 Å². The summed E-state index contributed by atoms with van der Waals surface area (Å²) >= 11 is 1.29. The first-order valence-electron chi connectivity index (χ1n) is 9.55. The Morgan fingerprint density at radius 3 is 2.69 bits per heavy atom. The number of hydrogen-bond donors (Lipinski definition) is 1. The van der Waals surface area contributed by atoms with E-state index >= 15 is 0 Å². The van der Waals surface area contributed by atoms with Crippen molar-refractivity contribution in [2.45, 2.75) is 30.9 Å². The molecule has 1 N–H and O–H groups in total. The second-order valence-corrected chi connectivity index (χ2v) is 8.01. The van der Waals surface area contributed by atoms with Gasteiger partial charge in [-0.15, -0.1) is 10.2 Å². The Kier molecular flexibility index (Phi) is 5.67. The highest BCUT2D eigenvalue weighted by molar-refractivity contribution is 8.00.